The predicted octanol–water partition coefficient (Wildman–Crippen LogP) is 4.09. The number of amides is 1. The summed E-state index contributed by atoms with van der Waals surface area (Å²) in [5.74, 6) is -1.35. The molecule has 0 saturated heterocycles. The molecule has 2 aromatic carbocycles. The number of rotatable bonds is 5. The highest BCUT2D eigenvalue weighted by Gasteiger charge is 2.14. The Bertz CT molecular complexity index is 771. The second kappa shape index (κ2) is 7.26. The highest BCUT2D eigenvalue weighted by Crippen LogP contribution is 2.25. The molecule has 2 aromatic rings. The van der Waals surface area contributed by atoms with Crippen LogP contribution in [0.1, 0.15) is 0 Å². The fourth-order valence-corrected chi connectivity index (χ4v) is 2.02. The summed E-state index contributed by atoms with van der Waals surface area (Å²) < 4.78 is 13.2. The summed E-state index contributed by atoms with van der Waals surface area (Å²) in [5, 5.41) is 16.6. The average Bonchev–Trinajstić information content (AvgIpc) is 2.50. The van der Waals surface area contributed by atoms with Gasteiger partial charge in [0.05, 0.1) is 21.5 Å². The van der Waals surface area contributed by atoms with Gasteiger partial charge in [0, 0.05) is 17.4 Å². The summed E-state index contributed by atoms with van der Waals surface area (Å²) in [6.45, 7) is -0.164. The highest BCUT2D eigenvalue weighted by atomic mass is 35.5. The molecule has 0 bridgehead atoms. The molecule has 0 fully saturated rings. The van der Waals surface area contributed by atoms with Gasteiger partial charge in [-0.2, -0.15) is 4.39 Å². The van der Waals surface area contributed by atoms with Crippen LogP contribution in [0.5, 0.6) is 0 Å². The van der Waals surface area contributed by atoms with Gasteiger partial charge >= 0.3 is 5.69 Å². The molecule has 0 aliphatic heterocycles. The molecule has 2 N–H and O–H groups in total. The SMILES string of the molecule is O=C(CNc1ccc(F)c([N+](=O)[O-])c1)Nc1ccc(Cl)c(Cl)c1. The number of carbonyl (C=O) groups excluding carboxylic acids is 1. The lowest BCUT2D eigenvalue weighted by atomic mass is 10.2. The Morgan fingerprint density at radius 2 is 1.83 bits per heavy atom. The average molecular weight is 358 g/mol. The number of nitrogens with zero attached hydrogens (tertiary/aromatic N) is 1. The van der Waals surface area contributed by atoms with Crippen LogP contribution >= 0.6 is 23.2 Å². The van der Waals surface area contributed by atoms with E-state index in [2.05, 4.69) is 10.6 Å². The minimum atomic E-state index is -0.944. The molecule has 23 heavy (non-hydrogen) atoms. The van der Waals surface area contributed by atoms with Crippen LogP contribution < -0.4 is 10.6 Å². The van der Waals surface area contributed by atoms with Crippen molar-refractivity contribution >= 4 is 46.2 Å². The van der Waals surface area contributed by atoms with Crippen molar-refractivity contribution in [3.8, 4) is 0 Å². The van der Waals surface area contributed by atoms with Gasteiger partial charge in [-0.25, -0.2) is 0 Å². The van der Waals surface area contributed by atoms with E-state index in [9.17, 15) is 19.3 Å². The summed E-state index contributed by atoms with van der Waals surface area (Å²) in [6, 6.07) is 7.88. The van der Waals surface area contributed by atoms with Gasteiger partial charge in [0.2, 0.25) is 11.7 Å². The molecule has 0 saturated carbocycles. The van der Waals surface area contributed by atoms with E-state index in [-0.39, 0.29) is 12.2 Å². The van der Waals surface area contributed by atoms with Crippen molar-refractivity contribution in [2.45, 2.75) is 0 Å². The number of halogens is 3. The molecule has 6 nitrogen and oxygen atoms in total. The molecule has 2 rings (SSSR count). The zero-order chi connectivity index (χ0) is 17.0. The zero-order valence-electron chi connectivity index (χ0n) is 11.5. The molecular weight excluding hydrogens is 348 g/mol. The number of nitro groups is 1. The maximum absolute atomic E-state index is 13.2. The number of benzene rings is 2. The van der Waals surface area contributed by atoms with E-state index in [1.54, 1.807) is 6.07 Å². The number of hydrogen-bond acceptors (Lipinski definition) is 4. The first-order chi connectivity index (χ1) is 10.9. The standard InChI is InChI=1S/C14H10Cl2FN3O3/c15-10-3-1-9(5-11(10)16)19-14(21)7-18-8-2-4-12(17)13(6-8)20(22)23/h1-6,18H,7H2,(H,19,21). The molecule has 0 heterocycles. The van der Waals surface area contributed by atoms with Gasteiger partial charge in [0.15, 0.2) is 0 Å². The lowest BCUT2D eigenvalue weighted by molar-refractivity contribution is -0.387. The molecule has 0 radical (unpaired) electrons. The third kappa shape index (κ3) is 4.54. The van der Waals surface area contributed by atoms with Gasteiger partial charge in [-0.05, 0) is 30.3 Å². The molecule has 120 valence electrons. The van der Waals surface area contributed by atoms with Crippen LogP contribution in [0, 0.1) is 15.9 Å². The fourth-order valence-electron chi connectivity index (χ4n) is 1.72. The monoisotopic (exact) mass is 357 g/mol. The minimum absolute atomic E-state index is 0.164. The molecule has 0 atom stereocenters. The molecule has 0 spiro atoms. The van der Waals surface area contributed by atoms with E-state index in [0.29, 0.717) is 15.7 Å². The summed E-state index contributed by atoms with van der Waals surface area (Å²) >= 11 is 11.6. The first kappa shape index (κ1) is 17.0. The minimum Gasteiger partial charge on any atom is -0.376 e. The van der Waals surface area contributed by atoms with Crippen LogP contribution in [-0.2, 0) is 4.79 Å². The van der Waals surface area contributed by atoms with Crippen molar-refractivity contribution in [3.63, 3.8) is 0 Å². The Balaban J connectivity index is 1.97. The van der Waals surface area contributed by atoms with Crippen LogP contribution in [-0.4, -0.2) is 17.4 Å². The van der Waals surface area contributed by atoms with Crippen LogP contribution in [0.25, 0.3) is 0 Å². The van der Waals surface area contributed by atoms with E-state index in [1.807, 2.05) is 0 Å². The molecule has 9 heteroatoms. The largest absolute Gasteiger partial charge is 0.376 e. The Hall–Kier alpha value is -2.38. The normalized spacial score (nSPS) is 10.2. The van der Waals surface area contributed by atoms with Crippen molar-refractivity contribution in [1.29, 1.82) is 0 Å². The van der Waals surface area contributed by atoms with E-state index in [4.69, 9.17) is 23.2 Å². The number of hydrogen-bond donors (Lipinski definition) is 2. The highest BCUT2D eigenvalue weighted by molar-refractivity contribution is 6.42. The van der Waals surface area contributed by atoms with Crippen molar-refractivity contribution in [1.82, 2.24) is 0 Å². The topological polar surface area (TPSA) is 84.3 Å². The molecule has 0 aliphatic carbocycles. The molecular formula is C14H10Cl2FN3O3. The van der Waals surface area contributed by atoms with Crippen molar-refractivity contribution in [2.24, 2.45) is 0 Å². The molecule has 0 unspecified atom stereocenters. The third-order valence-corrected chi connectivity index (χ3v) is 3.54. The Morgan fingerprint density at radius 1 is 1.13 bits per heavy atom. The van der Waals surface area contributed by atoms with Crippen LogP contribution in [0.3, 0.4) is 0 Å². The van der Waals surface area contributed by atoms with E-state index < -0.39 is 22.3 Å². The second-order valence-electron chi connectivity index (χ2n) is 4.45. The third-order valence-electron chi connectivity index (χ3n) is 2.80. The van der Waals surface area contributed by atoms with Gasteiger partial charge in [0.1, 0.15) is 0 Å². The summed E-state index contributed by atoms with van der Waals surface area (Å²) in [6.07, 6.45) is 0. The first-order valence-electron chi connectivity index (χ1n) is 6.29. The lowest BCUT2D eigenvalue weighted by Crippen LogP contribution is -2.21. The second-order valence-corrected chi connectivity index (χ2v) is 5.27. The van der Waals surface area contributed by atoms with Gasteiger partial charge in [-0.3, -0.25) is 14.9 Å². The Labute approximate surface area is 140 Å². The Morgan fingerprint density at radius 3 is 2.48 bits per heavy atom. The van der Waals surface area contributed by atoms with E-state index in [0.717, 1.165) is 12.1 Å². The lowest BCUT2D eigenvalue weighted by Gasteiger charge is -2.08. The number of carbonyl (C=O) groups is 1. The van der Waals surface area contributed by atoms with Crippen LogP contribution in [0.4, 0.5) is 21.5 Å². The van der Waals surface area contributed by atoms with Crippen LogP contribution in [0.2, 0.25) is 10.0 Å². The fraction of sp³-hybridized carbons (Fsp3) is 0.0714. The summed E-state index contributed by atoms with van der Waals surface area (Å²) in [7, 11) is 0. The quantitative estimate of drug-likeness (QED) is 0.623. The maximum Gasteiger partial charge on any atom is 0.306 e. The van der Waals surface area contributed by atoms with Crippen LogP contribution in [0.15, 0.2) is 36.4 Å². The number of nitrogens with one attached hydrogen (secondary N) is 2. The van der Waals surface area contributed by atoms with Crippen molar-refractivity contribution in [3.05, 3.63) is 62.4 Å². The van der Waals surface area contributed by atoms with Crippen molar-refractivity contribution < 1.29 is 14.1 Å². The summed E-state index contributed by atoms with van der Waals surface area (Å²) in [4.78, 5) is 21.6. The molecule has 1 amide bonds. The number of anilines is 2. The van der Waals surface area contributed by atoms with Gasteiger partial charge in [-0.15, -0.1) is 0 Å². The predicted molar refractivity (Wildman–Crippen MR) is 86.6 cm³/mol. The first-order valence-corrected chi connectivity index (χ1v) is 7.05. The van der Waals surface area contributed by atoms with Gasteiger partial charge in [-0.1, -0.05) is 23.2 Å². The Kier molecular flexibility index (Phi) is 5.36. The van der Waals surface area contributed by atoms with Gasteiger partial charge < -0.3 is 10.6 Å². The van der Waals surface area contributed by atoms with Crippen molar-refractivity contribution in [2.75, 3.05) is 17.2 Å². The smallest absolute Gasteiger partial charge is 0.306 e. The molecule has 0 aromatic heterocycles. The molecule has 0 aliphatic rings. The van der Waals surface area contributed by atoms with Gasteiger partial charge in [0.25, 0.3) is 0 Å². The summed E-state index contributed by atoms with van der Waals surface area (Å²) in [5.41, 5.74) is 0.0403. The van der Waals surface area contributed by atoms with E-state index >= 15 is 0 Å². The van der Waals surface area contributed by atoms with E-state index in [1.165, 1.54) is 18.2 Å². The number of nitro benzene ring substituents is 1. The maximum atomic E-state index is 13.2. The zero-order valence-corrected chi connectivity index (χ0v) is 13.0.